The first-order valence-electron chi connectivity index (χ1n) is 11.5. The third kappa shape index (κ3) is 4.06. The highest BCUT2D eigenvalue weighted by atomic mass is 35.5. The van der Waals surface area contributed by atoms with E-state index in [2.05, 4.69) is 19.9 Å². The number of fused-ring (bicyclic) bond motifs is 2. The van der Waals surface area contributed by atoms with Crippen molar-refractivity contribution >= 4 is 57.1 Å². The van der Waals surface area contributed by atoms with Gasteiger partial charge in [0.2, 0.25) is 22.4 Å². The molecule has 0 atom stereocenters. The van der Waals surface area contributed by atoms with Gasteiger partial charge in [0.1, 0.15) is 0 Å². The minimum Gasteiger partial charge on any atom is -0.366 e. The number of nitrogens with one attached hydrogen (secondary N) is 2. The molecule has 0 spiro atoms. The van der Waals surface area contributed by atoms with Crippen LogP contribution in [0.4, 0.5) is 0 Å². The number of halogens is 2. The number of aromatic amines is 2. The van der Waals surface area contributed by atoms with E-state index in [0.717, 1.165) is 38.9 Å². The molecule has 2 heterocycles. The predicted molar refractivity (Wildman–Crippen MR) is 149 cm³/mol. The fourth-order valence-corrected chi connectivity index (χ4v) is 5.11. The number of H-pyrrole nitrogens is 2. The highest BCUT2D eigenvalue weighted by molar-refractivity contribution is 6.29. The molecule has 0 aliphatic carbocycles. The zero-order valence-electron chi connectivity index (χ0n) is 19.5. The number of imidazole rings is 2. The van der Waals surface area contributed by atoms with Crippen molar-refractivity contribution in [1.29, 1.82) is 0 Å². The second-order valence-corrected chi connectivity index (χ2v) is 9.45. The number of hydrogen-bond acceptors (Lipinski definition) is 4. The molecule has 0 aliphatic heterocycles. The van der Waals surface area contributed by atoms with E-state index in [4.69, 9.17) is 34.7 Å². The Morgan fingerprint density at radius 3 is 1.68 bits per heavy atom. The fraction of sp³-hybridized carbons (Fsp3) is 0. The van der Waals surface area contributed by atoms with Gasteiger partial charge in [-0.3, -0.25) is 9.59 Å². The maximum Gasteiger partial charge on any atom is 0.249 e. The van der Waals surface area contributed by atoms with E-state index in [9.17, 15) is 9.59 Å². The second kappa shape index (κ2) is 9.02. The van der Waals surface area contributed by atoms with Crippen LogP contribution in [0.2, 0.25) is 10.6 Å². The van der Waals surface area contributed by atoms with Crippen molar-refractivity contribution in [2.75, 3.05) is 0 Å². The summed E-state index contributed by atoms with van der Waals surface area (Å²) in [6, 6.07) is 21.8. The first-order chi connectivity index (χ1) is 18.3. The molecular weight excluding hydrogens is 523 g/mol. The van der Waals surface area contributed by atoms with Crippen LogP contribution in [0.5, 0.6) is 0 Å². The smallest absolute Gasteiger partial charge is 0.249 e. The number of hydrogen-bond donors (Lipinski definition) is 4. The van der Waals surface area contributed by atoms with Crippen LogP contribution < -0.4 is 11.5 Å². The largest absolute Gasteiger partial charge is 0.366 e. The quantitative estimate of drug-likeness (QED) is 0.214. The average molecular weight is 541 g/mol. The van der Waals surface area contributed by atoms with Gasteiger partial charge in [0.25, 0.3) is 0 Å². The van der Waals surface area contributed by atoms with Crippen LogP contribution in [0.15, 0.2) is 72.8 Å². The van der Waals surface area contributed by atoms with Crippen LogP contribution in [0.3, 0.4) is 0 Å². The van der Waals surface area contributed by atoms with E-state index in [-0.39, 0.29) is 10.6 Å². The number of carbonyl (C=O) groups excluding carboxylic acids is 2. The molecule has 0 fully saturated rings. The van der Waals surface area contributed by atoms with E-state index in [1.54, 1.807) is 18.2 Å². The van der Waals surface area contributed by atoms with Crippen molar-refractivity contribution in [3.8, 4) is 33.4 Å². The van der Waals surface area contributed by atoms with Gasteiger partial charge in [0.05, 0.1) is 22.1 Å². The average Bonchev–Trinajstić information content (AvgIpc) is 3.46. The van der Waals surface area contributed by atoms with Gasteiger partial charge in [0, 0.05) is 16.7 Å². The molecule has 0 bridgehead atoms. The summed E-state index contributed by atoms with van der Waals surface area (Å²) in [6.07, 6.45) is 0. The van der Waals surface area contributed by atoms with Crippen LogP contribution in [0.25, 0.3) is 55.4 Å². The molecule has 0 radical (unpaired) electrons. The van der Waals surface area contributed by atoms with Gasteiger partial charge in [-0.2, -0.15) is 0 Å². The number of aromatic nitrogens is 4. The Kier molecular flexibility index (Phi) is 5.63. The van der Waals surface area contributed by atoms with Gasteiger partial charge < -0.3 is 21.4 Å². The van der Waals surface area contributed by atoms with Crippen molar-refractivity contribution < 1.29 is 9.59 Å². The van der Waals surface area contributed by atoms with Gasteiger partial charge in [-0.15, -0.1) is 0 Å². The van der Waals surface area contributed by atoms with E-state index in [0.29, 0.717) is 27.7 Å². The second-order valence-electron chi connectivity index (χ2n) is 8.74. The van der Waals surface area contributed by atoms with E-state index >= 15 is 0 Å². The van der Waals surface area contributed by atoms with Crippen molar-refractivity contribution in [3.05, 3.63) is 94.5 Å². The molecular formula is C28H18Cl2N6O2. The van der Waals surface area contributed by atoms with Crippen LogP contribution in [-0.4, -0.2) is 31.8 Å². The van der Waals surface area contributed by atoms with Crippen molar-refractivity contribution in [1.82, 2.24) is 19.9 Å². The SMILES string of the molecule is NC(=O)c1ccc(-c2ccc(C(N)=O)c(-c3ccc4[nH]c(Cl)nc4c3)c2-c2ccc3[nH]c(Cl)nc3c2)cc1. The van der Waals surface area contributed by atoms with Gasteiger partial charge in [-0.25, -0.2) is 9.97 Å². The van der Waals surface area contributed by atoms with E-state index in [1.165, 1.54) is 0 Å². The van der Waals surface area contributed by atoms with Crippen LogP contribution in [0, 0.1) is 0 Å². The molecule has 0 unspecified atom stereocenters. The summed E-state index contributed by atoms with van der Waals surface area (Å²) in [5.41, 5.74) is 19.4. The molecule has 6 aromatic rings. The first-order valence-corrected chi connectivity index (χ1v) is 12.2. The van der Waals surface area contributed by atoms with Gasteiger partial charge in [-0.1, -0.05) is 30.3 Å². The number of rotatable bonds is 5. The maximum atomic E-state index is 12.7. The zero-order chi connectivity index (χ0) is 26.6. The summed E-state index contributed by atoms with van der Waals surface area (Å²) in [4.78, 5) is 39.1. The Labute approximate surface area is 225 Å². The molecule has 186 valence electrons. The summed E-state index contributed by atoms with van der Waals surface area (Å²) in [7, 11) is 0. The zero-order valence-corrected chi connectivity index (χ0v) is 21.1. The van der Waals surface area contributed by atoms with Crippen molar-refractivity contribution in [3.63, 3.8) is 0 Å². The molecule has 8 nitrogen and oxygen atoms in total. The molecule has 0 saturated carbocycles. The highest BCUT2D eigenvalue weighted by Gasteiger charge is 2.22. The summed E-state index contributed by atoms with van der Waals surface area (Å²) in [5, 5.41) is 0.531. The third-order valence-corrected chi connectivity index (χ3v) is 6.79. The first kappa shape index (κ1) is 23.7. The summed E-state index contributed by atoms with van der Waals surface area (Å²) < 4.78 is 0. The Morgan fingerprint density at radius 1 is 0.632 bits per heavy atom. The van der Waals surface area contributed by atoms with Gasteiger partial charge in [-0.05, 0) is 93.5 Å². The molecule has 2 amide bonds. The van der Waals surface area contributed by atoms with E-state index < -0.39 is 11.8 Å². The predicted octanol–water partition coefficient (Wildman–Crippen LogP) is 5.94. The monoisotopic (exact) mass is 540 g/mol. The third-order valence-electron chi connectivity index (χ3n) is 6.44. The molecule has 0 saturated heterocycles. The number of primary amides is 2. The lowest BCUT2D eigenvalue weighted by atomic mass is 9.84. The molecule has 6 N–H and O–H groups in total. The summed E-state index contributed by atoms with van der Waals surface area (Å²) in [5.74, 6) is -1.10. The van der Waals surface area contributed by atoms with Gasteiger partial charge >= 0.3 is 0 Å². The minimum absolute atomic E-state index is 0.261. The number of carbonyl (C=O) groups is 2. The molecule has 38 heavy (non-hydrogen) atoms. The molecule has 10 heteroatoms. The maximum absolute atomic E-state index is 12.7. The van der Waals surface area contributed by atoms with Crippen LogP contribution in [0.1, 0.15) is 20.7 Å². The summed E-state index contributed by atoms with van der Waals surface area (Å²) >= 11 is 12.2. The lowest BCUT2D eigenvalue weighted by molar-refractivity contribution is 0.0992. The lowest BCUT2D eigenvalue weighted by Crippen LogP contribution is -2.13. The Balaban J connectivity index is 1.70. The van der Waals surface area contributed by atoms with Crippen LogP contribution in [-0.2, 0) is 0 Å². The van der Waals surface area contributed by atoms with Gasteiger partial charge in [0.15, 0.2) is 0 Å². The molecule has 0 aliphatic rings. The highest BCUT2D eigenvalue weighted by Crippen LogP contribution is 2.43. The topological polar surface area (TPSA) is 144 Å². The van der Waals surface area contributed by atoms with E-state index in [1.807, 2.05) is 54.6 Å². The Hall–Kier alpha value is -4.66. The fourth-order valence-electron chi connectivity index (χ4n) is 4.72. The number of nitrogens with zero attached hydrogens (tertiary/aromatic N) is 2. The number of benzene rings is 4. The standard InChI is InChI=1S/C28H18Cl2N6O2/c29-27-33-19-9-5-15(11-21(19)35-27)23-17(13-1-3-14(4-2-13)25(31)37)7-8-18(26(32)38)24(23)16-6-10-20-22(12-16)36-28(30)34-20/h1-12H,(H2,31,37)(H2,32,38)(H,33,35)(H,34,36). The Bertz CT molecular complexity index is 1910. The van der Waals surface area contributed by atoms with Crippen molar-refractivity contribution in [2.45, 2.75) is 0 Å². The molecule has 4 aromatic carbocycles. The molecule has 2 aromatic heterocycles. The Morgan fingerprint density at radius 2 is 1.16 bits per heavy atom. The lowest BCUT2D eigenvalue weighted by Gasteiger charge is -2.19. The summed E-state index contributed by atoms with van der Waals surface area (Å²) in [6.45, 7) is 0. The van der Waals surface area contributed by atoms with Crippen molar-refractivity contribution in [2.24, 2.45) is 11.5 Å². The van der Waals surface area contributed by atoms with Crippen LogP contribution >= 0.6 is 23.2 Å². The minimum atomic E-state index is -0.582. The number of amides is 2. The molecule has 6 rings (SSSR count). The normalized spacial score (nSPS) is 11.3. The number of nitrogens with two attached hydrogens (primary N) is 2.